The van der Waals surface area contributed by atoms with Gasteiger partial charge in [-0.15, -0.1) is 0 Å². The number of anilines is 1. The van der Waals surface area contributed by atoms with Gasteiger partial charge in [-0.2, -0.15) is 0 Å². The van der Waals surface area contributed by atoms with Crippen molar-refractivity contribution in [2.24, 2.45) is 0 Å². The van der Waals surface area contributed by atoms with Gasteiger partial charge in [-0.25, -0.2) is 4.98 Å². The first-order chi connectivity index (χ1) is 8.70. The number of aromatic nitrogens is 1. The van der Waals surface area contributed by atoms with E-state index in [1.807, 2.05) is 6.07 Å². The molecule has 1 amide bonds. The number of hydrogen-bond acceptors (Lipinski definition) is 4. The topological polar surface area (TPSA) is 68.5 Å². The van der Waals surface area contributed by atoms with Crippen LogP contribution in [0.15, 0.2) is 12.1 Å². The second-order valence-electron chi connectivity index (χ2n) is 4.43. The number of pyridine rings is 1. The molecule has 1 saturated heterocycles. The van der Waals surface area contributed by atoms with E-state index in [1.165, 1.54) is 0 Å². The summed E-state index contributed by atoms with van der Waals surface area (Å²) in [6, 6.07) is 3.49. The first-order valence-corrected chi connectivity index (χ1v) is 6.34. The molecule has 0 atom stereocenters. The van der Waals surface area contributed by atoms with Crippen LogP contribution in [0, 0.1) is 0 Å². The highest BCUT2D eigenvalue weighted by atomic mass is 16.5. The van der Waals surface area contributed by atoms with Crippen LogP contribution in [0.25, 0.3) is 0 Å². The minimum atomic E-state index is 0.0183. The molecule has 1 aromatic heterocycles. The summed E-state index contributed by atoms with van der Waals surface area (Å²) in [5.41, 5.74) is 7.27. The van der Waals surface area contributed by atoms with Crippen LogP contribution in [0.2, 0.25) is 0 Å². The molecular weight excluding hydrogens is 230 g/mol. The third-order valence-electron chi connectivity index (χ3n) is 2.95. The Bertz CT molecular complexity index is 428. The Kier molecular flexibility index (Phi) is 4.15. The number of morpholine rings is 1. The second kappa shape index (κ2) is 5.82. The van der Waals surface area contributed by atoms with Gasteiger partial charge in [0.2, 0.25) is 0 Å². The van der Waals surface area contributed by atoms with Gasteiger partial charge in [0.1, 0.15) is 5.82 Å². The number of ether oxygens (including phenoxy) is 1. The smallest absolute Gasteiger partial charge is 0.254 e. The quantitative estimate of drug-likeness (QED) is 0.870. The predicted octanol–water partition coefficient (Wildman–Crippen LogP) is 1.09. The van der Waals surface area contributed by atoms with Crippen LogP contribution in [0.4, 0.5) is 5.82 Å². The fraction of sp³-hybridized carbons (Fsp3) is 0.538. The van der Waals surface area contributed by atoms with E-state index in [-0.39, 0.29) is 5.91 Å². The summed E-state index contributed by atoms with van der Waals surface area (Å²) >= 11 is 0. The van der Waals surface area contributed by atoms with E-state index in [0.717, 1.165) is 18.5 Å². The summed E-state index contributed by atoms with van der Waals surface area (Å²) in [5.74, 6) is 0.433. The number of aryl methyl sites for hydroxylation is 1. The molecule has 1 fully saturated rings. The summed E-state index contributed by atoms with van der Waals surface area (Å²) < 4.78 is 5.24. The van der Waals surface area contributed by atoms with Gasteiger partial charge in [0.05, 0.1) is 13.2 Å². The summed E-state index contributed by atoms with van der Waals surface area (Å²) in [5, 5.41) is 0. The lowest BCUT2D eigenvalue weighted by atomic mass is 10.1. The molecule has 5 nitrogen and oxygen atoms in total. The molecule has 0 unspecified atom stereocenters. The first-order valence-electron chi connectivity index (χ1n) is 6.34. The SMILES string of the molecule is CCCc1cc(C(=O)N2CCOCC2)cc(N)n1. The van der Waals surface area contributed by atoms with Crippen LogP contribution in [0.5, 0.6) is 0 Å². The molecule has 0 aliphatic carbocycles. The van der Waals surface area contributed by atoms with Crippen molar-refractivity contribution in [3.63, 3.8) is 0 Å². The highest BCUT2D eigenvalue weighted by Gasteiger charge is 2.19. The molecule has 0 spiro atoms. The summed E-state index contributed by atoms with van der Waals surface area (Å²) in [6.07, 6.45) is 1.83. The van der Waals surface area contributed by atoms with Crippen molar-refractivity contribution >= 4 is 11.7 Å². The van der Waals surface area contributed by atoms with Crippen molar-refractivity contribution in [1.29, 1.82) is 0 Å². The zero-order chi connectivity index (χ0) is 13.0. The fourth-order valence-electron chi connectivity index (χ4n) is 2.07. The molecule has 0 radical (unpaired) electrons. The summed E-state index contributed by atoms with van der Waals surface area (Å²) in [4.78, 5) is 18.3. The molecule has 18 heavy (non-hydrogen) atoms. The number of carbonyl (C=O) groups excluding carboxylic acids is 1. The molecule has 1 aliphatic rings. The molecular formula is C13H19N3O2. The largest absolute Gasteiger partial charge is 0.384 e. The number of carbonyl (C=O) groups is 1. The van der Waals surface area contributed by atoms with Crippen molar-refractivity contribution in [2.45, 2.75) is 19.8 Å². The van der Waals surface area contributed by atoms with E-state index < -0.39 is 0 Å². The highest BCUT2D eigenvalue weighted by molar-refractivity contribution is 5.95. The van der Waals surface area contributed by atoms with Crippen molar-refractivity contribution in [3.05, 3.63) is 23.4 Å². The molecule has 1 aromatic rings. The van der Waals surface area contributed by atoms with Crippen molar-refractivity contribution in [1.82, 2.24) is 9.88 Å². The maximum atomic E-state index is 12.3. The maximum Gasteiger partial charge on any atom is 0.254 e. The Balaban J connectivity index is 2.18. The molecule has 2 heterocycles. The van der Waals surface area contributed by atoms with Gasteiger partial charge >= 0.3 is 0 Å². The average Bonchev–Trinajstić information content (AvgIpc) is 2.38. The fourth-order valence-corrected chi connectivity index (χ4v) is 2.07. The molecule has 0 saturated carbocycles. The zero-order valence-electron chi connectivity index (χ0n) is 10.7. The summed E-state index contributed by atoms with van der Waals surface area (Å²) in [6.45, 7) is 4.57. The van der Waals surface area contributed by atoms with E-state index in [1.54, 1.807) is 11.0 Å². The van der Waals surface area contributed by atoms with E-state index in [0.29, 0.717) is 37.7 Å². The van der Waals surface area contributed by atoms with Gasteiger partial charge in [0, 0.05) is 24.3 Å². The van der Waals surface area contributed by atoms with E-state index in [2.05, 4.69) is 11.9 Å². The van der Waals surface area contributed by atoms with Gasteiger partial charge in [-0.1, -0.05) is 13.3 Å². The minimum absolute atomic E-state index is 0.0183. The lowest BCUT2D eigenvalue weighted by Gasteiger charge is -2.27. The Hall–Kier alpha value is -1.62. The lowest BCUT2D eigenvalue weighted by molar-refractivity contribution is 0.0303. The van der Waals surface area contributed by atoms with Gasteiger partial charge in [-0.3, -0.25) is 4.79 Å². The molecule has 0 aromatic carbocycles. The van der Waals surface area contributed by atoms with Crippen molar-refractivity contribution in [2.75, 3.05) is 32.0 Å². The average molecular weight is 249 g/mol. The molecule has 1 aliphatic heterocycles. The van der Waals surface area contributed by atoms with Crippen LogP contribution in [0.3, 0.4) is 0 Å². The highest BCUT2D eigenvalue weighted by Crippen LogP contribution is 2.13. The Labute approximate surface area is 107 Å². The van der Waals surface area contributed by atoms with Gasteiger partial charge in [-0.05, 0) is 18.6 Å². The number of rotatable bonds is 3. The molecule has 5 heteroatoms. The standard InChI is InChI=1S/C13H19N3O2/c1-2-3-11-8-10(9-12(14)15-11)13(17)16-4-6-18-7-5-16/h8-9H,2-7H2,1H3,(H2,14,15). The van der Waals surface area contributed by atoms with Crippen LogP contribution < -0.4 is 5.73 Å². The Morgan fingerprint density at radius 2 is 2.17 bits per heavy atom. The lowest BCUT2D eigenvalue weighted by Crippen LogP contribution is -2.40. The van der Waals surface area contributed by atoms with E-state index >= 15 is 0 Å². The number of nitrogens with zero attached hydrogens (tertiary/aromatic N) is 2. The predicted molar refractivity (Wildman–Crippen MR) is 69.4 cm³/mol. The second-order valence-corrected chi connectivity index (χ2v) is 4.43. The molecule has 0 bridgehead atoms. The Morgan fingerprint density at radius 1 is 1.44 bits per heavy atom. The van der Waals surface area contributed by atoms with E-state index in [4.69, 9.17) is 10.5 Å². The van der Waals surface area contributed by atoms with Crippen LogP contribution >= 0.6 is 0 Å². The van der Waals surface area contributed by atoms with Gasteiger partial charge < -0.3 is 15.4 Å². The first kappa shape index (κ1) is 12.8. The maximum absolute atomic E-state index is 12.3. The van der Waals surface area contributed by atoms with Crippen LogP contribution in [-0.2, 0) is 11.2 Å². The van der Waals surface area contributed by atoms with Crippen LogP contribution in [0.1, 0.15) is 29.4 Å². The molecule has 98 valence electrons. The monoisotopic (exact) mass is 249 g/mol. The van der Waals surface area contributed by atoms with E-state index in [9.17, 15) is 4.79 Å². The normalized spacial score (nSPS) is 15.7. The van der Waals surface area contributed by atoms with Crippen molar-refractivity contribution < 1.29 is 9.53 Å². The third kappa shape index (κ3) is 2.98. The van der Waals surface area contributed by atoms with Gasteiger partial charge in [0.25, 0.3) is 5.91 Å². The van der Waals surface area contributed by atoms with Crippen LogP contribution in [-0.4, -0.2) is 42.1 Å². The number of nitrogens with two attached hydrogens (primary N) is 1. The van der Waals surface area contributed by atoms with Gasteiger partial charge in [0.15, 0.2) is 0 Å². The Morgan fingerprint density at radius 3 is 2.83 bits per heavy atom. The zero-order valence-corrected chi connectivity index (χ0v) is 10.7. The third-order valence-corrected chi connectivity index (χ3v) is 2.95. The molecule has 2 rings (SSSR count). The number of hydrogen-bond donors (Lipinski definition) is 1. The van der Waals surface area contributed by atoms with Crippen molar-refractivity contribution in [3.8, 4) is 0 Å². The minimum Gasteiger partial charge on any atom is -0.384 e. The molecule has 2 N–H and O–H groups in total. The summed E-state index contributed by atoms with van der Waals surface area (Å²) in [7, 11) is 0. The number of amides is 1. The number of nitrogen functional groups attached to an aromatic ring is 1.